The second kappa shape index (κ2) is 17.2. The highest BCUT2D eigenvalue weighted by Crippen LogP contribution is 2.08. The summed E-state index contributed by atoms with van der Waals surface area (Å²) in [6, 6.07) is -0.924. The minimum absolute atomic E-state index is 0.205. The maximum atomic E-state index is 12.0. The van der Waals surface area contributed by atoms with Crippen molar-refractivity contribution >= 4 is 11.9 Å². The number of carbonyl (C=O) groups is 2. The lowest BCUT2D eigenvalue weighted by molar-refractivity contribution is -0.141. The topological polar surface area (TPSA) is 95.1 Å². The Hall–Kier alpha value is -2.63. The highest BCUT2D eigenvalue weighted by Gasteiger charge is 2.20. The van der Waals surface area contributed by atoms with Crippen molar-refractivity contribution in [2.24, 2.45) is 0 Å². The molecule has 3 N–H and O–H groups in total. The summed E-state index contributed by atoms with van der Waals surface area (Å²) in [5, 5.41) is 11.9. The van der Waals surface area contributed by atoms with Crippen molar-refractivity contribution in [3.05, 3.63) is 54.7 Å². The number of aromatic amines is 1. The first-order valence-corrected chi connectivity index (χ1v) is 11.1. The number of carbonyl (C=O) groups excluding carboxylic acids is 1. The molecule has 1 atom stereocenters. The van der Waals surface area contributed by atoms with Crippen LogP contribution in [0.15, 0.2) is 49.0 Å². The monoisotopic (exact) mass is 415 g/mol. The van der Waals surface area contributed by atoms with Crippen LogP contribution >= 0.6 is 0 Å². The van der Waals surface area contributed by atoms with Gasteiger partial charge in [0.05, 0.1) is 6.33 Å². The van der Waals surface area contributed by atoms with Crippen LogP contribution in [-0.2, 0) is 16.0 Å². The molecule has 0 bridgehead atoms. The van der Waals surface area contributed by atoms with Crippen LogP contribution in [0.2, 0.25) is 0 Å². The lowest BCUT2D eigenvalue weighted by atomic mass is 10.1. The average molecular weight is 416 g/mol. The number of H-pyrrole nitrogens is 1. The Bertz CT molecular complexity index is 663. The molecule has 6 nitrogen and oxygen atoms in total. The van der Waals surface area contributed by atoms with E-state index in [1.54, 1.807) is 6.20 Å². The molecule has 30 heavy (non-hydrogen) atoms. The maximum Gasteiger partial charge on any atom is 0.326 e. The number of carboxylic acid groups (broad SMARTS) is 1. The SMILES string of the molecule is CC/C=C\C/C=C\C/C=C\CCCCCCCC(=O)N[C@@H](Cc1cnc[nH]1)C(=O)O. The van der Waals surface area contributed by atoms with Gasteiger partial charge >= 0.3 is 5.97 Å². The van der Waals surface area contributed by atoms with Gasteiger partial charge in [0.25, 0.3) is 0 Å². The molecule has 166 valence electrons. The van der Waals surface area contributed by atoms with Gasteiger partial charge in [-0.05, 0) is 38.5 Å². The summed E-state index contributed by atoms with van der Waals surface area (Å²) in [6.07, 6.45) is 26.3. The number of imidazole rings is 1. The first-order valence-electron chi connectivity index (χ1n) is 11.1. The van der Waals surface area contributed by atoms with E-state index >= 15 is 0 Å². The van der Waals surface area contributed by atoms with Gasteiger partial charge in [-0.1, -0.05) is 62.6 Å². The molecule has 0 spiro atoms. The molecule has 0 aromatic carbocycles. The van der Waals surface area contributed by atoms with E-state index in [9.17, 15) is 14.7 Å². The van der Waals surface area contributed by atoms with Gasteiger partial charge in [-0.2, -0.15) is 0 Å². The van der Waals surface area contributed by atoms with Crippen molar-refractivity contribution in [2.45, 2.75) is 83.6 Å². The zero-order valence-electron chi connectivity index (χ0n) is 18.2. The van der Waals surface area contributed by atoms with Gasteiger partial charge in [-0.15, -0.1) is 0 Å². The molecule has 0 aliphatic heterocycles. The first-order chi connectivity index (χ1) is 14.6. The van der Waals surface area contributed by atoms with Crippen molar-refractivity contribution < 1.29 is 14.7 Å². The van der Waals surface area contributed by atoms with E-state index in [2.05, 4.69) is 58.7 Å². The van der Waals surface area contributed by atoms with Gasteiger partial charge < -0.3 is 15.4 Å². The fourth-order valence-electron chi connectivity index (χ4n) is 2.99. The summed E-state index contributed by atoms with van der Waals surface area (Å²) >= 11 is 0. The number of hydrogen-bond donors (Lipinski definition) is 3. The van der Waals surface area contributed by atoms with Crippen LogP contribution in [0.1, 0.15) is 76.8 Å². The standard InChI is InChI=1S/C24H37N3O3/c1-2-3-4-5-6-7-8-9-10-11-12-13-14-15-16-17-23(28)27-22(24(29)30)18-21-19-25-20-26-21/h3-4,6-7,9-10,19-20,22H,2,5,8,11-18H2,1H3,(H,25,26)(H,27,28)(H,29,30)/b4-3-,7-6-,10-9-/t22-/m0/s1. The van der Waals surface area contributed by atoms with Crippen LogP contribution in [-0.4, -0.2) is 33.0 Å². The fraction of sp³-hybridized carbons (Fsp3) is 0.542. The Morgan fingerprint density at radius 1 is 1.03 bits per heavy atom. The lowest BCUT2D eigenvalue weighted by Crippen LogP contribution is -2.42. The number of unbranched alkanes of at least 4 members (excludes halogenated alkanes) is 5. The number of carboxylic acids is 1. The number of nitrogens with one attached hydrogen (secondary N) is 2. The summed E-state index contributed by atoms with van der Waals surface area (Å²) in [5.41, 5.74) is 0.692. The third-order valence-corrected chi connectivity index (χ3v) is 4.67. The van der Waals surface area contributed by atoms with E-state index < -0.39 is 12.0 Å². The highest BCUT2D eigenvalue weighted by atomic mass is 16.4. The third-order valence-electron chi connectivity index (χ3n) is 4.67. The quantitative estimate of drug-likeness (QED) is 0.243. The molecular weight excluding hydrogens is 378 g/mol. The normalized spacial score (nSPS) is 12.8. The molecule has 1 heterocycles. The molecule has 0 saturated carbocycles. The molecule has 6 heteroatoms. The average Bonchev–Trinajstić information content (AvgIpc) is 3.23. The fourth-order valence-corrected chi connectivity index (χ4v) is 2.99. The molecule has 1 amide bonds. The van der Waals surface area contributed by atoms with Crippen molar-refractivity contribution in [1.82, 2.24) is 15.3 Å². The van der Waals surface area contributed by atoms with Crippen molar-refractivity contribution in [3.63, 3.8) is 0 Å². The molecule has 1 rings (SSSR count). The highest BCUT2D eigenvalue weighted by molar-refractivity contribution is 5.83. The Morgan fingerprint density at radius 2 is 1.70 bits per heavy atom. The number of hydrogen-bond acceptors (Lipinski definition) is 3. The Kier molecular flexibility index (Phi) is 14.6. The first kappa shape index (κ1) is 25.4. The minimum Gasteiger partial charge on any atom is -0.480 e. The summed E-state index contributed by atoms with van der Waals surface area (Å²) in [5.74, 6) is -1.24. The predicted octanol–water partition coefficient (Wildman–Crippen LogP) is 5.11. The number of amides is 1. The summed E-state index contributed by atoms with van der Waals surface area (Å²) in [7, 11) is 0. The summed E-state index contributed by atoms with van der Waals surface area (Å²) < 4.78 is 0. The van der Waals surface area contributed by atoms with Gasteiger partial charge in [0.1, 0.15) is 6.04 Å². The van der Waals surface area contributed by atoms with Crippen LogP contribution in [0.5, 0.6) is 0 Å². The smallest absolute Gasteiger partial charge is 0.326 e. The number of rotatable bonds is 17. The van der Waals surface area contributed by atoms with E-state index in [1.807, 2.05) is 0 Å². The molecule has 1 aromatic heterocycles. The van der Waals surface area contributed by atoms with E-state index in [0.717, 1.165) is 57.8 Å². The van der Waals surface area contributed by atoms with Gasteiger partial charge in [0.15, 0.2) is 0 Å². The minimum atomic E-state index is -1.03. The molecule has 0 saturated heterocycles. The molecule has 0 fully saturated rings. The second-order valence-electron chi connectivity index (χ2n) is 7.34. The molecule has 0 unspecified atom stereocenters. The zero-order chi connectivity index (χ0) is 21.9. The van der Waals surface area contributed by atoms with Gasteiger partial charge in [0, 0.05) is 24.7 Å². The van der Waals surface area contributed by atoms with Gasteiger partial charge in [-0.25, -0.2) is 9.78 Å². The third kappa shape index (κ3) is 13.5. The molecule has 0 aliphatic rings. The number of aliphatic carboxylic acids is 1. The van der Waals surface area contributed by atoms with Crippen LogP contribution < -0.4 is 5.32 Å². The largest absolute Gasteiger partial charge is 0.480 e. The van der Waals surface area contributed by atoms with Gasteiger partial charge in [0.2, 0.25) is 5.91 Å². The molecular formula is C24H37N3O3. The molecule has 0 aliphatic carbocycles. The number of nitrogens with zero attached hydrogens (tertiary/aromatic N) is 1. The second-order valence-corrected chi connectivity index (χ2v) is 7.34. The summed E-state index contributed by atoms with van der Waals surface area (Å²) in [6.45, 7) is 2.14. The Morgan fingerprint density at radius 3 is 2.37 bits per heavy atom. The Balaban J connectivity index is 2.01. The van der Waals surface area contributed by atoms with Crippen LogP contribution in [0.4, 0.5) is 0 Å². The Labute approximate surface area is 180 Å². The predicted molar refractivity (Wildman–Crippen MR) is 121 cm³/mol. The van der Waals surface area contributed by atoms with E-state index in [4.69, 9.17) is 0 Å². The van der Waals surface area contributed by atoms with E-state index in [0.29, 0.717) is 12.1 Å². The summed E-state index contributed by atoms with van der Waals surface area (Å²) in [4.78, 5) is 30.0. The van der Waals surface area contributed by atoms with Gasteiger partial charge in [-0.3, -0.25) is 4.79 Å². The van der Waals surface area contributed by atoms with Crippen LogP contribution in [0.3, 0.4) is 0 Å². The van der Waals surface area contributed by atoms with E-state index in [-0.39, 0.29) is 12.3 Å². The van der Waals surface area contributed by atoms with Crippen LogP contribution in [0, 0.1) is 0 Å². The number of aromatic nitrogens is 2. The van der Waals surface area contributed by atoms with Crippen molar-refractivity contribution in [3.8, 4) is 0 Å². The van der Waals surface area contributed by atoms with Crippen molar-refractivity contribution in [2.75, 3.05) is 0 Å². The lowest BCUT2D eigenvalue weighted by Gasteiger charge is -2.13. The van der Waals surface area contributed by atoms with Crippen molar-refractivity contribution in [1.29, 1.82) is 0 Å². The molecule has 1 aromatic rings. The van der Waals surface area contributed by atoms with Crippen LogP contribution in [0.25, 0.3) is 0 Å². The zero-order valence-corrected chi connectivity index (χ0v) is 18.2. The number of allylic oxidation sites excluding steroid dienone is 6. The van der Waals surface area contributed by atoms with E-state index in [1.165, 1.54) is 6.33 Å². The maximum absolute atomic E-state index is 12.0. The molecule has 0 radical (unpaired) electrons.